The summed E-state index contributed by atoms with van der Waals surface area (Å²) in [5.74, 6) is 0. The van der Waals surface area contributed by atoms with Gasteiger partial charge in [0.1, 0.15) is 0 Å². The Morgan fingerprint density at radius 1 is 1.10 bits per heavy atom. The van der Waals surface area contributed by atoms with Crippen molar-refractivity contribution < 1.29 is 0 Å². The molecule has 2 aromatic rings. The van der Waals surface area contributed by atoms with E-state index in [1.807, 2.05) is 24.4 Å². The fraction of sp³-hybridized carbons (Fsp3) is 0.235. The van der Waals surface area contributed by atoms with Crippen molar-refractivity contribution in [3.05, 3.63) is 54.1 Å². The number of thiol groups is 1. The van der Waals surface area contributed by atoms with E-state index in [0.29, 0.717) is 0 Å². The molecule has 0 radical (unpaired) electrons. The molecule has 0 aliphatic carbocycles. The van der Waals surface area contributed by atoms with Crippen LogP contribution in [0.5, 0.6) is 0 Å². The van der Waals surface area contributed by atoms with Gasteiger partial charge in [-0.15, -0.1) is 12.6 Å². The van der Waals surface area contributed by atoms with Gasteiger partial charge >= 0.3 is 0 Å². The van der Waals surface area contributed by atoms with Gasteiger partial charge in [-0.25, -0.2) is 0 Å². The SMILES string of the molecule is CN(C)CCN=Cc1cccc(-c2ccccc2S)c1. The molecular formula is C17H20N2S. The summed E-state index contributed by atoms with van der Waals surface area (Å²) < 4.78 is 0. The van der Waals surface area contributed by atoms with Crippen LogP contribution in [0.25, 0.3) is 11.1 Å². The van der Waals surface area contributed by atoms with Gasteiger partial charge in [0.2, 0.25) is 0 Å². The molecule has 0 aliphatic heterocycles. The van der Waals surface area contributed by atoms with E-state index in [-0.39, 0.29) is 0 Å². The number of likely N-dealkylation sites (N-methyl/N-ethyl adjacent to an activating group) is 1. The Balaban J connectivity index is 2.14. The minimum Gasteiger partial charge on any atom is -0.308 e. The molecule has 104 valence electrons. The first-order chi connectivity index (χ1) is 9.66. The third-order valence-corrected chi connectivity index (χ3v) is 3.41. The lowest BCUT2D eigenvalue weighted by molar-refractivity contribution is 0.421. The van der Waals surface area contributed by atoms with E-state index in [2.05, 4.69) is 66.9 Å². The van der Waals surface area contributed by atoms with Crippen LogP contribution in [-0.4, -0.2) is 38.3 Å². The zero-order valence-corrected chi connectivity index (χ0v) is 12.8. The molecule has 0 aromatic heterocycles. The van der Waals surface area contributed by atoms with Crippen molar-refractivity contribution in [1.29, 1.82) is 0 Å². The van der Waals surface area contributed by atoms with E-state index in [1.165, 1.54) is 5.56 Å². The van der Waals surface area contributed by atoms with E-state index < -0.39 is 0 Å². The quantitative estimate of drug-likeness (QED) is 0.655. The number of rotatable bonds is 5. The fourth-order valence-electron chi connectivity index (χ4n) is 1.93. The fourth-order valence-corrected chi connectivity index (χ4v) is 2.22. The normalized spacial score (nSPS) is 11.4. The van der Waals surface area contributed by atoms with Gasteiger partial charge < -0.3 is 4.90 Å². The van der Waals surface area contributed by atoms with Crippen LogP contribution in [0.4, 0.5) is 0 Å². The second-order valence-electron chi connectivity index (χ2n) is 4.98. The molecule has 2 aromatic carbocycles. The maximum Gasteiger partial charge on any atom is 0.0516 e. The largest absolute Gasteiger partial charge is 0.308 e. The molecule has 3 heteroatoms. The first-order valence-corrected chi connectivity index (χ1v) is 7.14. The van der Waals surface area contributed by atoms with Crippen LogP contribution in [0.15, 0.2) is 58.4 Å². The van der Waals surface area contributed by atoms with Crippen LogP contribution in [0.1, 0.15) is 5.56 Å². The Labute approximate surface area is 126 Å². The molecule has 0 amide bonds. The van der Waals surface area contributed by atoms with Crippen LogP contribution in [-0.2, 0) is 0 Å². The van der Waals surface area contributed by atoms with Crippen LogP contribution in [0.3, 0.4) is 0 Å². The van der Waals surface area contributed by atoms with Gasteiger partial charge in [-0.05, 0) is 42.9 Å². The standard InChI is InChI=1S/C17H20N2S/c1-19(2)11-10-18-13-14-6-5-7-15(12-14)16-8-3-4-9-17(16)20/h3-9,12-13,20H,10-11H2,1-2H3. The molecule has 0 aliphatic rings. The summed E-state index contributed by atoms with van der Waals surface area (Å²) in [6, 6.07) is 16.5. The molecule has 0 fully saturated rings. The van der Waals surface area contributed by atoms with Gasteiger partial charge in [-0.1, -0.05) is 36.4 Å². The molecule has 20 heavy (non-hydrogen) atoms. The molecule has 2 nitrogen and oxygen atoms in total. The van der Waals surface area contributed by atoms with Crippen molar-refractivity contribution in [3.8, 4) is 11.1 Å². The van der Waals surface area contributed by atoms with Crippen LogP contribution >= 0.6 is 12.6 Å². The Morgan fingerprint density at radius 2 is 1.90 bits per heavy atom. The molecule has 0 saturated heterocycles. The smallest absolute Gasteiger partial charge is 0.0516 e. The van der Waals surface area contributed by atoms with Gasteiger partial charge in [0.15, 0.2) is 0 Å². The molecule has 0 atom stereocenters. The van der Waals surface area contributed by atoms with E-state index in [4.69, 9.17) is 0 Å². The maximum atomic E-state index is 4.51. The topological polar surface area (TPSA) is 15.6 Å². The number of hydrogen-bond donors (Lipinski definition) is 1. The lowest BCUT2D eigenvalue weighted by Crippen LogP contribution is -2.15. The summed E-state index contributed by atoms with van der Waals surface area (Å²) in [6.07, 6.45) is 1.94. The second kappa shape index (κ2) is 7.27. The molecule has 0 bridgehead atoms. The van der Waals surface area contributed by atoms with E-state index >= 15 is 0 Å². The highest BCUT2D eigenvalue weighted by atomic mass is 32.1. The highest BCUT2D eigenvalue weighted by molar-refractivity contribution is 7.80. The second-order valence-corrected chi connectivity index (χ2v) is 5.46. The first kappa shape index (κ1) is 14.8. The predicted molar refractivity (Wildman–Crippen MR) is 90.1 cm³/mol. The Morgan fingerprint density at radius 3 is 2.65 bits per heavy atom. The van der Waals surface area contributed by atoms with Crippen LogP contribution < -0.4 is 0 Å². The van der Waals surface area contributed by atoms with E-state index in [9.17, 15) is 0 Å². The van der Waals surface area contributed by atoms with Crippen molar-refractivity contribution in [2.24, 2.45) is 4.99 Å². The van der Waals surface area contributed by atoms with Crippen LogP contribution in [0.2, 0.25) is 0 Å². The highest BCUT2D eigenvalue weighted by Gasteiger charge is 2.01. The average molecular weight is 284 g/mol. The minimum atomic E-state index is 0.820. The summed E-state index contributed by atoms with van der Waals surface area (Å²) in [5, 5.41) is 0. The zero-order valence-electron chi connectivity index (χ0n) is 12.0. The van der Waals surface area contributed by atoms with Gasteiger partial charge in [-0.3, -0.25) is 4.99 Å². The summed E-state index contributed by atoms with van der Waals surface area (Å²) in [6.45, 7) is 1.79. The van der Waals surface area contributed by atoms with Crippen molar-refractivity contribution in [1.82, 2.24) is 4.90 Å². The number of benzene rings is 2. The monoisotopic (exact) mass is 284 g/mol. The minimum absolute atomic E-state index is 0.820. The third-order valence-electron chi connectivity index (χ3n) is 3.02. The molecule has 0 heterocycles. The molecule has 0 saturated carbocycles. The van der Waals surface area contributed by atoms with Gasteiger partial charge in [0, 0.05) is 17.7 Å². The average Bonchev–Trinajstić information content (AvgIpc) is 2.44. The summed E-state index contributed by atoms with van der Waals surface area (Å²) in [5.41, 5.74) is 3.45. The lowest BCUT2D eigenvalue weighted by atomic mass is 10.0. The summed E-state index contributed by atoms with van der Waals surface area (Å²) >= 11 is 4.51. The Kier molecular flexibility index (Phi) is 5.39. The molecular weight excluding hydrogens is 264 g/mol. The number of nitrogens with zero attached hydrogens (tertiary/aromatic N) is 2. The van der Waals surface area contributed by atoms with Crippen molar-refractivity contribution >= 4 is 18.8 Å². The summed E-state index contributed by atoms with van der Waals surface area (Å²) in [7, 11) is 4.11. The Bertz CT molecular complexity index is 591. The zero-order chi connectivity index (χ0) is 14.4. The van der Waals surface area contributed by atoms with Gasteiger partial charge in [0.25, 0.3) is 0 Å². The van der Waals surface area contributed by atoms with Gasteiger partial charge in [0.05, 0.1) is 6.54 Å². The molecule has 0 unspecified atom stereocenters. The van der Waals surface area contributed by atoms with Crippen molar-refractivity contribution in [2.45, 2.75) is 4.90 Å². The third kappa shape index (κ3) is 4.22. The molecule has 0 N–H and O–H groups in total. The molecule has 2 rings (SSSR count). The Hall–Kier alpha value is -1.58. The van der Waals surface area contributed by atoms with Crippen molar-refractivity contribution in [3.63, 3.8) is 0 Å². The summed E-state index contributed by atoms with van der Waals surface area (Å²) in [4.78, 5) is 7.58. The predicted octanol–water partition coefficient (Wildman–Crippen LogP) is 3.62. The van der Waals surface area contributed by atoms with Gasteiger partial charge in [-0.2, -0.15) is 0 Å². The van der Waals surface area contributed by atoms with E-state index in [0.717, 1.165) is 29.1 Å². The first-order valence-electron chi connectivity index (χ1n) is 6.70. The highest BCUT2D eigenvalue weighted by Crippen LogP contribution is 2.26. The molecule has 0 spiro atoms. The number of hydrogen-bond acceptors (Lipinski definition) is 3. The number of aliphatic imine (C=N–C) groups is 1. The lowest BCUT2D eigenvalue weighted by Gasteiger charge is -2.07. The van der Waals surface area contributed by atoms with Crippen LogP contribution in [0, 0.1) is 0 Å². The van der Waals surface area contributed by atoms with E-state index in [1.54, 1.807) is 0 Å². The maximum absolute atomic E-state index is 4.51. The van der Waals surface area contributed by atoms with Crippen molar-refractivity contribution in [2.75, 3.05) is 27.2 Å².